The third-order valence-electron chi connectivity index (χ3n) is 4.78. The fraction of sp³-hybridized carbons (Fsp3) is 0.429. The highest BCUT2D eigenvalue weighted by Crippen LogP contribution is 2.27. The second kappa shape index (κ2) is 8.75. The maximum absolute atomic E-state index is 5.45. The second-order valence-corrected chi connectivity index (χ2v) is 10.2. The van der Waals surface area contributed by atoms with Gasteiger partial charge in [-0.1, -0.05) is 62.0 Å². The van der Waals surface area contributed by atoms with Crippen molar-refractivity contribution in [3.05, 3.63) is 48.1 Å². The molecule has 8 heteroatoms. The number of hydrogen-bond donors (Lipinski definition) is 0. The number of rotatable bonds is 5. The van der Waals surface area contributed by atoms with Crippen molar-refractivity contribution in [3.8, 4) is 11.4 Å². The Kier molecular flexibility index (Phi) is 6.10. The van der Waals surface area contributed by atoms with Crippen LogP contribution in [0.2, 0.25) is 0 Å². The van der Waals surface area contributed by atoms with Crippen molar-refractivity contribution in [1.82, 2.24) is 20.1 Å². The second-order valence-electron chi connectivity index (χ2n) is 7.94. The molecular weight excluding hydrogens is 402 g/mol. The van der Waals surface area contributed by atoms with E-state index in [0.29, 0.717) is 17.5 Å². The normalized spacial score (nSPS) is 14.9. The Morgan fingerprint density at radius 1 is 1.10 bits per heavy atom. The molecule has 0 spiro atoms. The van der Waals surface area contributed by atoms with E-state index in [2.05, 4.69) is 70.0 Å². The molecular formula is C21H25N5OS2. The molecule has 29 heavy (non-hydrogen) atoms. The molecule has 1 fully saturated rings. The SMILES string of the molecule is CC(C)(C)c1ccc(-c2noc(CSc3cc(N4CCSCC4)ncn3)n2)cc1. The van der Waals surface area contributed by atoms with Crippen LogP contribution in [0.25, 0.3) is 11.4 Å². The number of thioether (sulfide) groups is 2. The van der Waals surface area contributed by atoms with Crippen molar-refractivity contribution in [2.75, 3.05) is 29.5 Å². The minimum absolute atomic E-state index is 0.126. The molecule has 0 bridgehead atoms. The summed E-state index contributed by atoms with van der Waals surface area (Å²) < 4.78 is 5.45. The Hall–Kier alpha value is -2.06. The van der Waals surface area contributed by atoms with Crippen molar-refractivity contribution in [1.29, 1.82) is 0 Å². The van der Waals surface area contributed by atoms with Gasteiger partial charge in [-0.3, -0.25) is 0 Å². The van der Waals surface area contributed by atoms with Gasteiger partial charge < -0.3 is 9.42 Å². The largest absolute Gasteiger partial charge is 0.355 e. The number of hydrogen-bond acceptors (Lipinski definition) is 8. The average molecular weight is 428 g/mol. The van der Waals surface area contributed by atoms with Crippen LogP contribution in [0.15, 0.2) is 46.2 Å². The molecule has 0 N–H and O–H groups in total. The van der Waals surface area contributed by atoms with Crippen molar-refractivity contribution < 1.29 is 4.52 Å². The molecule has 6 nitrogen and oxygen atoms in total. The van der Waals surface area contributed by atoms with Crippen molar-refractivity contribution >= 4 is 29.3 Å². The van der Waals surface area contributed by atoms with E-state index in [0.717, 1.165) is 41.0 Å². The molecule has 1 aliphatic rings. The smallest absolute Gasteiger partial charge is 0.237 e. The molecule has 3 heterocycles. The topological polar surface area (TPSA) is 67.9 Å². The highest BCUT2D eigenvalue weighted by Gasteiger charge is 2.16. The maximum atomic E-state index is 5.45. The first-order valence-corrected chi connectivity index (χ1v) is 11.8. The van der Waals surface area contributed by atoms with Crippen molar-refractivity contribution in [2.45, 2.75) is 37.0 Å². The van der Waals surface area contributed by atoms with E-state index >= 15 is 0 Å². The summed E-state index contributed by atoms with van der Waals surface area (Å²) in [5.41, 5.74) is 2.37. The van der Waals surface area contributed by atoms with E-state index in [4.69, 9.17) is 4.52 Å². The van der Waals surface area contributed by atoms with Crippen LogP contribution in [0, 0.1) is 0 Å². The minimum atomic E-state index is 0.126. The molecule has 4 rings (SSSR count). The molecule has 0 saturated carbocycles. The summed E-state index contributed by atoms with van der Waals surface area (Å²) in [6.07, 6.45) is 1.63. The van der Waals surface area contributed by atoms with E-state index < -0.39 is 0 Å². The molecule has 3 aromatic rings. The predicted molar refractivity (Wildman–Crippen MR) is 120 cm³/mol. The first-order chi connectivity index (χ1) is 14.0. The number of aromatic nitrogens is 4. The van der Waals surface area contributed by atoms with Crippen molar-refractivity contribution in [2.24, 2.45) is 0 Å². The lowest BCUT2D eigenvalue weighted by molar-refractivity contribution is 0.391. The third kappa shape index (κ3) is 5.11. The molecule has 0 atom stereocenters. The molecule has 152 valence electrons. The van der Waals surface area contributed by atoms with Crippen LogP contribution < -0.4 is 4.90 Å². The summed E-state index contributed by atoms with van der Waals surface area (Å²) in [6.45, 7) is 8.68. The van der Waals surface area contributed by atoms with Gasteiger partial charge in [0.25, 0.3) is 0 Å². The fourth-order valence-corrected chi connectivity index (χ4v) is 4.66. The van der Waals surface area contributed by atoms with Gasteiger partial charge in [0.1, 0.15) is 17.2 Å². The number of nitrogens with zero attached hydrogens (tertiary/aromatic N) is 5. The first-order valence-electron chi connectivity index (χ1n) is 9.70. The van der Waals surface area contributed by atoms with E-state index in [9.17, 15) is 0 Å². The van der Waals surface area contributed by atoms with Crippen LogP contribution in [0.1, 0.15) is 32.2 Å². The van der Waals surface area contributed by atoms with Gasteiger partial charge in [-0.25, -0.2) is 9.97 Å². The van der Waals surface area contributed by atoms with Crippen LogP contribution in [0.3, 0.4) is 0 Å². The van der Waals surface area contributed by atoms with Gasteiger partial charge in [0, 0.05) is 36.2 Å². The van der Waals surface area contributed by atoms with Crippen LogP contribution in [0.4, 0.5) is 5.82 Å². The Morgan fingerprint density at radius 2 is 1.86 bits per heavy atom. The number of benzene rings is 1. The summed E-state index contributed by atoms with van der Waals surface area (Å²) in [4.78, 5) is 15.7. The quantitative estimate of drug-likeness (QED) is 0.430. The van der Waals surface area contributed by atoms with Gasteiger partial charge >= 0.3 is 0 Å². The Balaban J connectivity index is 1.40. The van der Waals surface area contributed by atoms with Crippen LogP contribution in [0.5, 0.6) is 0 Å². The standard InChI is InChI=1S/C21H25N5OS2/c1-21(2,3)16-6-4-15(5-7-16)20-24-18(27-25-20)13-29-19-12-17(22-14-23-19)26-8-10-28-11-9-26/h4-7,12,14H,8-11,13H2,1-3H3. The molecule has 0 aliphatic carbocycles. The van der Waals surface area contributed by atoms with E-state index in [1.54, 1.807) is 18.1 Å². The van der Waals surface area contributed by atoms with Crippen LogP contribution >= 0.6 is 23.5 Å². The molecule has 0 amide bonds. The van der Waals surface area contributed by atoms with Gasteiger partial charge in [0.2, 0.25) is 11.7 Å². The predicted octanol–water partition coefficient (Wildman–Crippen LogP) is 4.67. The monoisotopic (exact) mass is 427 g/mol. The highest BCUT2D eigenvalue weighted by atomic mass is 32.2. The Labute approximate surface area is 179 Å². The molecule has 2 aromatic heterocycles. The zero-order chi connectivity index (χ0) is 20.3. The van der Waals surface area contributed by atoms with Crippen LogP contribution in [-0.4, -0.2) is 44.7 Å². The summed E-state index contributed by atoms with van der Waals surface area (Å²) in [6, 6.07) is 10.4. The Morgan fingerprint density at radius 3 is 2.59 bits per heavy atom. The van der Waals surface area contributed by atoms with Gasteiger partial charge in [-0.15, -0.1) is 0 Å². The van der Waals surface area contributed by atoms with Gasteiger partial charge in [-0.2, -0.15) is 16.7 Å². The van der Waals surface area contributed by atoms with Gasteiger partial charge in [0.15, 0.2) is 0 Å². The lowest BCUT2D eigenvalue weighted by Crippen LogP contribution is -2.33. The summed E-state index contributed by atoms with van der Waals surface area (Å²) >= 11 is 3.58. The van der Waals surface area contributed by atoms with Gasteiger partial charge in [-0.05, 0) is 11.0 Å². The maximum Gasteiger partial charge on any atom is 0.237 e. The van der Waals surface area contributed by atoms with E-state index in [-0.39, 0.29) is 5.41 Å². The van der Waals surface area contributed by atoms with Gasteiger partial charge in [0.05, 0.1) is 5.75 Å². The Bertz CT molecular complexity index is 946. The average Bonchev–Trinajstić information content (AvgIpc) is 3.22. The fourth-order valence-electron chi connectivity index (χ4n) is 3.06. The molecule has 1 aromatic carbocycles. The number of anilines is 1. The third-order valence-corrected chi connectivity index (χ3v) is 6.64. The zero-order valence-electron chi connectivity index (χ0n) is 17.0. The first kappa shape index (κ1) is 20.2. The van der Waals surface area contributed by atoms with Crippen molar-refractivity contribution in [3.63, 3.8) is 0 Å². The highest BCUT2D eigenvalue weighted by molar-refractivity contribution is 7.99. The van der Waals surface area contributed by atoms with Crippen LogP contribution in [-0.2, 0) is 11.2 Å². The molecule has 1 saturated heterocycles. The summed E-state index contributed by atoms with van der Waals surface area (Å²) in [5, 5.41) is 5.06. The zero-order valence-corrected chi connectivity index (χ0v) is 18.6. The molecule has 0 unspecified atom stereocenters. The minimum Gasteiger partial charge on any atom is -0.355 e. The molecule has 0 radical (unpaired) electrons. The summed E-state index contributed by atoms with van der Waals surface area (Å²) in [7, 11) is 0. The molecule has 1 aliphatic heterocycles. The lowest BCUT2D eigenvalue weighted by atomic mass is 9.87. The summed E-state index contributed by atoms with van der Waals surface area (Å²) in [5.74, 6) is 5.09. The van der Waals surface area contributed by atoms with E-state index in [1.165, 1.54) is 5.56 Å². The van der Waals surface area contributed by atoms with E-state index in [1.807, 2.05) is 17.8 Å². The lowest BCUT2D eigenvalue weighted by Gasteiger charge is -2.27.